The average molecular weight is 421 g/mol. The van der Waals surface area contributed by atoms with Gasteiger partial charge < -0.3 is 19.7 Å². The van der Waals surface area contributed by atoms with E-state index in [0.29, 0.717) is 6.61 Å². The van der Waals surface area contributed by atoms with Crippen LogP contribution in [0.15, 0.2) is 40.9 Å². The lowest BCUT2D eigenvalue weighted by Crippen LogP contribution is -2.21. The number of hydrogen-bond acceptors (Lipinski definition) is 4. The molecule has 4 nitrogen and oxygen atoms in total. The Morgan fingerprint density at radius 2 is 1.81 bits per heavy atom. The summed E-state index contributed by atoms with van der Waals surface area (Å²) in [6.07, 6.45) is 1.12. The molecule has 0 spiro atoms. The first-order valence-electron chi connectivity index (χ1n) is 8.90. The number of nitrogens with zero attached hydrogens (tertiary/aromatic N) is 1. The molecule has 142 valence electrons. The maximum Gasteiger partial charge on any atom is 0.162 e. The van der Waals surface area contributed by atoms with Crippen molar-refractivity contribution < 1.29 is 9.47 Å². The highest BCUT2D eigenvalue weighted by Crippen LogP contribution is 2.34. The van der Waals surface area contributed by atoms with Crippen molar-refractivity contribution in [1.29, 1.82) is 0 Å². The molecule has 2 aromatic carbocycles. The molecule has 26 heavy (non-hydrogen) atoms. The summed E-state index contributed by atoms with van der Waals surface area (Å²) in [7, 11) is 5.86. The first-order chi connectivity index (χ1) is 12.5. The van der Waals surface area contributed by atoms with E-state index in [-0.39, 0.29) is 0 Å². The fourth-order valence-corrected chi connectivity index (χ4v) is 3.04. The summed E-state index contributed by atoms with van der Waals surface area (Å²) in [5, 5.41) is 3.48. The molecule has 2 aromatic rings. The Labute approximate surface area is 165 Å². The van der Waals surface area contributed by atoms with Gasteiger partial charge in [0.15, 0.2) is 11.5 Å². The second-order valence-electron chi connectivity index (χ2n) is 6.70. The van der Waals surface area contributed by atoms with Gasteiger partial charge in [0.25, 0.3) is 0 Å². The van der Waals surface area contributed by atoms with Crippen LogP contribution in [0.25, 0.3) is 0 Å². The fraction of sp³-hybridized carbons (Fsp3) is 0.429. The number of ether oxygens (including phenoxy) is 2. The summed E-state index contributed by atoms with van der Waals surface area (Å²) in [6, 6.07) is 12.4. The molecular formula is C21H29BrN2O2. The van der Waals surface area contributed by atoms with Gasteiger partial charge in [0.05, 0.1) is 7.11 Å². The summed E-state index contributed by atoms with van der Waals surface area (Å²) in [6.45, 7) is 5.47. The van der Waals surface area contributed by atoms with Gasteiger partial charge in [-0.1, -0.05) is 45.8 Å². The second kappa shape index (κ2) is 10.6. The molecule has 0 saturated carbocycles. The average Bonchev–Trinajstić information content (AvgIpc) is 2.62. The molecule has 0 fully saturated rings. The van der Waals surface area contributed by atoms with Gasteiger partial charge >= 0.3 is 0 Å². The van der Waals surface area contributed by atoms with Crippen molar-refractivity contribution in [3.63, 3.8) is 0 Å². The molecule has 0 bridgehead atoms. The highest BCUT2D eigenvalue weighted by Gasteiger charge is 2.10. The van der Waals surface area contributed by atoms with E-state index in [2.05, 4.69) is 71.4 Å². The molecule has 0 heterocycles. The van der Waals surface area contributed by atoms with Crippen LogP contribution in [-0.4, -0.2) is 39.2 Å². The summed E-state index contributed by atoms with van der Waals surface area (Å²) < 4.78 is 12.5. The first-order valence-corrected chi connectivity index (χ1v) is 9.69. The van der Waals surface area contributed by atoms with Crippen LogP contribution in [-0.2, 0) is 13.2 Å². The molecule has 0 aromatic heterocycles. The summed E-state index contributed by atoms with van der Waals surface area (Å²) in [5.74, 6) is 1.50. The Hall–Kier alpha value is -1.56. The molecule has 0 aliphatic carbocycles. The van der Waals surface area contributed by atoms with Gasteiger partial charge in [-0.2, -0.15) is 0 Å². The minimum Gasteiger partial charge on any atom is -0.493 e. The van der Waals surface area contributed by atoms with Gasteiger partial charge in [-0.25, -0.2) is 0 Å². The van der Waals surface area contributed by atoms with E-state index < -0.39 is 0 Å². The lowest BCUT2D eigenvalue weighted by molar-refractivity contribution is 0.284. The predicted octanol–water partition coefficient (Wildman–Crippen LogP) is 4.39. The van der Waals surface area contributed by atoms with Crippen molar-refractivity contribution in [2.24, 2.45) is 0 Å². The van der Waals surface area contributed by atoms with Crippen molar-refractivity contribution in [3.05, 3.63) is 57.6 Å². The second-order valence-corrected chi connectivity index (χ2v) is 7.56. The number of halogens is 1. The van der Waals surface area contributed by atoms with E-state index in [4.69, 9.17) is 9.47 Å². The predicted molar refractivity (Wildman–Crippen MR) is 111 cm³/mol. The summed E-state index contributed by atoms with van der Waals surface area (Å²) >= 11 is 3.65. The van der Waals surface area contributed by atoms with Gasteiger partial charge in [0.2, 0.25) is 0 Å². The van der Waals surface area contributed by atoms with Gasteiger partial charge in [-0.15, -0.1) is 0 Å². The smallest absolute Gasteiger partial charge is 0.162 e. The summed E-state index contributed by atoms with van der Waals surface area (Å²) in [4.78, 5) is 2.20. The largest absolute Gasteiger partial charge is 0.493 e. The molecule has 1 N–H and O–H groups in total. The lowest BCUT2D eigenvalue weighted by atomic mass is 10.1. The van der Waals surface area contributed by atoms with Crippen LogP contribution in [0.4, 0.5) is 0 Å². The molecule has 5 heteroatoms. The monoisotopic (exact) mass is 420 g/mol. The zero-order valence-corrected chi connectivity index (χ0v) is 17.7. The number of methoxy groups -OCH3 is 1. The van der Waals surface area contributed by atoms with E-state index in [1.54, 1.807) is 7.11 Å². The van der Waals surface area contributed by atoms with Crippen molar-refractivity contribution in [3.8, 4) is 11.5 Å². The number of benzene rings is 2. The Balaban J connectivity index is 1.95. The van der Waals surface area contributed by atoms with E-state index in [0.717, 1.165) is 53.2 Å². The zero-order valence-electron chi connectivity index (χ0n) is 16.1. The van der Waals surface area contributed by atoms with E-state index >= 15 is 0 Å². The van der Waals surface area contributed by atoms with Gasteiger partial charge in [0.1, 0.15) is 6.61 Å². The highest BCUT2D eigenvalue weighted by molar-refractivity contribution is 9.10. The quantitative estimate of drug-likeness (QED) is 0.577. The van der Waals surface area contributed by atoms with Crippen molar-refractivity contribution in [1.82, 2.24) is 10.2 Å². The highest BCUT2D eigenvalue weighted by atomic mass is 79.9. The van der Waals surface area contributed by atoms with Crippen molar-refractivity contribution >= 4 is 15.9 Å². The zero-order chi connectivity index (χ0) is 18.9. The maximum absolute atomic E-state index is 5.98. The van der Waals surface area contributed by atoms with Gasteiger partial charge in [0, 0.05) is 11.0 Å². The number of rotatable bonds is 10. The molecule has 0 unspecified atom stereocenters. The molecule has 0 saturated heterocycles. The molecular weight excluding hydrogens is 392 g/mol. The van der Waals surface area contributed by atoms with Gasteiger partial charge in [-0.3, -0.25) is 0 Å². The van der Waals surface area contributed by atoms with Crippen LogP contribution < -0.4 is 14.8 Å². The van der Waals surface area contributed by atoms with Crippen LogP contribution in [0.5, 0.6) is 11.5 Å². The minimum absolute atomic E-state index is 0.519. The Morgan fingerprint density at radius 1 is 1.08 bits per heavy atom. The standard InChI is InChI=1S/C21H29BrN2O2/c1-16-6-8-17(9-7-16)15-26-21-13-19(22)18(12-20(21)25-4)14-23-10-5-11-24(2)3/h6-9,12-13,23H,5,10-11,14-15H2,1-4H3. The van der Waals surface area contributed by atoms with Crippen LogP contribution in [0.1, 0.15) is 23.1 Å². The number of nitrogens with one attached hydrogen (secondary N) is 1. The van der Waals surface area contributed by atoms with Crippen LogP contribution in [0.2, 0.25) is 0 Å². The Kier molecular flexibility index (Phi) is 8.42. The number of hydrogen-bond donors (Lipinski definition) is 1. The van der Waals surface area contributed by atoms with Gasteiger partial charge in [-0.05, 0) is 63.8 Å². The molecule has 0 aliphatic rings. The molecule has 0 radical (unpaired) electrons. The van der Waals surface area contributed by atoms with Crippen molar-refractivity contribution in [2.75, 3.05) is 34.3 Å². The molecule has 0 atom stereocenters. The normalized spacial score (nSPS) is 11.0. The fourth-order valence-electron chi connectivity index (χ4n) is 2.57. The minimum atomic E-state index is 0.519. The molecule has 2 rings (SSSR count). The lowest BCUT2D eigenvalue weighted by Gasteiger charge is -2.15. The Bertz CT molecular complexity index is 687. The third kappa shape index (κ3) is 6.63. The van der Waals surface area contributed by atoms with Crippen molar-refractivity contribution in [2.45, 2.75) is 26.5 Å². The topological polar surface area (TPSA) is 33.7 Å². The van der Waals surface area contributed by atoms with Crippen LogP contribution in [0.3, 0.4) is 0 Å². The van der Waals surface area contributed by atoms with E-state index in [9.17, 15) is 0 Å². The van der Waals surface area contributed by atoms with E-state index in [1.807, 2.05) is 12.1 Å². The van der Waals surface area contributed by atoms with Crippen LogP contribution >= 0.6 is 15.9 Å². The maximum atomic E-state index is 5.98. The molecule has 0 amide bonds. The first kappa shape index (κ1) is 20.7. The molecule has 0 aliphatic heterocycles. The third-order valence-corrected chi connectivity index (χ3v) is 4.86. The Morgan fingerprint density at radius 3 is 2.46 bits per heavy atom. The third-order valence-electron chi connectivity index (χ3n) is 4.12. The van der Waals surface area contributed by atoms with E-state index in [1.165, 1.54) is 5.56 Å². The number of aryl methyl sites for hydroxylation is 1. The SMILES string of the molecule is COc1cc(CNCCCN(C)C)c(Br)cc1OCc1ccc(C)cc1. The van der Waals surface area contributed by atoms with Crippen LogP contribution in [0, 0.1) is 6.92 Å². The summed E-state index contributed by atoms with van der Waals surface area (Å²) in [5.41, 5.74) is 3.55.